The van der Waals surface area contributed by atoms with E-state index >= 15 is 0 Å². The van der Waals surface area contributed by atoms with Gasteiger partial charge in [-0.25, -0.2) is 0 Å². The van der Waals surface area contributed by atoms with Gasteiger partial charge in [-0.1, -0.05) is 18.2 Å². The van der Waals surface area contributed by atoms with Gasteiger partial charge < -0.3 is 9.72 Å². The van der Waals surface area contributed by atoms with Crippen molar-refractivity contribution in [1.29, 1.82) is 0 Å². The van der Waals surface area contributed by atoms with Crippen LogP contribution in [-0.2, 0) is 16.0 Å². The minimum absolute atomic E-state index is 0.118. The average Bonchev–Trinajstić information content (AvgIpc) is 2.70. The van der Waals surface area contributed by atoms with Crippen molar-refractivity contribution >= 4 is 16.9 Å². The largest absolute Gasteiger partial charge is 0.460 e. The van der Waals surface area contributed by atoms with E-state index in [2.05, 4.69) is 17.1 Å². The van der Waals surface area contributed by atoms with Gasteiger partial charge in [-0.2, -0.15) is 0 Å². The van der Waals surface area contributed by atoms with E-state index in [0.29, 0.717) is 6.42 Å². The standard InChI is InChI=1S/C16H21NO2/c1-16(2,3)19-15(18)10-6-7-12-11-17-14-9-5-4-8-13(12)14/h4-5,8-9,11,17H,6-7,10H2,1-3H3. The van der Waals surface area contributed by atoms with E-state index in [1.54, 1.807) is 0 Å². The first kappa shape index (κ1) is 13.7. The highest BCUT2D eigenvalue weighted by atomic mass is 16.6. The van der Waals surface area contributed by atoms with Crippen molar-refractivity contribution in [1.82, 2.24) is 4.98 Å². The Morgan fingerprint density at radius 1 is 1.26 bits per heavy atom. The Morgan fingerprint density at radius 2 is 2.00 bits per heavy atom. The van der Waals surface area contributed by atoms with Crippen LogP contribution in [0.3, 0.4) is 0 Å². The molecule has 1 N–H and O–H groups in total. The minimum Gasteiger partial charge on any atom is -0.460 e. The van der Waals surface area contributed by atoms with Crippen molar-refractivity contribution in [3.8, 4) is 0 Å². The molecular weight excluding hydrogens is 238 g/mol. The first-order chi connectivity index (χ1) is 8.96. The molecule has 0 spiro atoms. The molecule has 0 radical (unpaired) electrons. The molecule has 0 saturated heterocycles. The number of fused-ring (bicyclic) bond motifs is 1. The molecule has 2 aromatic rings. The van der Waals surface area contributed by atoms with Crippen LogP contribution in [-0.4, -0.2) is 16.6 Å². The van der Waals surface area contributed by atoms with Crippen molar-refractivity contribution in [2.45, 2.75) is 45.6 Å². The number of rotatable bonds is 4. The van der Waals surface area contributed by atoms with Crippen LogP contribution in [0.2, 0.25) is 0 Å². The van der Waals surface area contributed by atoms with Gasteiger partial charge in [0.15, 0.2) is 0 Å². The lowest BCUT2D eigenvalue weighted by Gasteiger charge is -2.19. The summed E-state index contributed by atoms with van der Waals surface area (Å²) in [6, 6.07) is 8.22. The zero-order chi connectivity index (χ0) is 13.9. The number of hydrogen-bond acceptors (Lipinski definition) is 2. The van der Waals surface area contributed by atoms with Crippen LogP contribution in [0.5, 0.6) is 0 Å². The number of aryl methyl sites for hydroxylation is 1. The predicted octanol–water partition coefficient (Wildman–Crippen LogP) is 3.83. The molecule has 0 saturated carbocycles. The monoisotopic (exact) mass is 259 g/mol. The summed E-state index contributed by atoms with van der Waals surface area (Å²) >= 11 is 0. The molecule has 1 aromatic carbocycles. The number of carbonyl (C=O) groups is 1. The zero-order valence-electron chi connectivity index (χ0n) is 11.8. The maximum Gasteiger partial charge on any atom is 0.306 e. The molecule has 19 heavy (non-hydrogen) atoms. The fourth-order valence-corrected chi connectivity index (χ4v) is 2.15. The van der Waals surface area contributed by atoms with Crippen LogP contribution in [0.4, 0.5) is 0 Å². The Kier molecular flexibility index (Phi) is 3.93. The Balaban J connectivity index is 1.88. The highest BCUT2D eigenvalue weighted by Crippen LogP contribution is 2.19. The first-order valence-corrected chi connectivity index (χ1v) is 6.72. The fraction of sp³-hybridized carbons (Fsp3) is 0.438. The van der Waals surface area contributed by atoms with Gasteiger partial charge in [0.1, 0.15) is 5.60 Å². The summed E-state index contributed by atoms with van der Waals surface area (Å²) in [4.78, 5) is 14.9. The molecule has 0 fully saturated rings. The molecule has 1 aromatic heterocycles. The second-order valence-electron chi connectivity index (χ2n) is 5.80. The number of benzene rings is 1. The highest BCUT2D eigenvalue weighted by molar-refractivity contribution is 5.83. The molecule has 0 unspecified atom stereocenters. The third-order valence-corrected chi connectivity index (χ3v) is 2.92. The molecule has 0 aliphatic heterocycles. The topological polar surface area (TPSA) is 42.1 Å². The number of H-pyrrole nitrogens is 1. The molecule has 102 valence electrons. The number of aromatic amines is 1. The maximum atomic E-state index is 11.6. The van der Waals surface area contributed by atoms with E-state index in [1.165, 1.54) is 10.9 Å². The van der Waals surface area contributed by atoms with Crippen LogP contribution in [0, 0.1) is 0 Å². The second-order valence-corrected chi connectivity index (χ2v) is 5.80. The molecule has 3 heteroatoms. The van der Waals surface area contributed by atoms with Crippen LogP contribution in [0.25, 0.3) is 10.9 Å². The highest BCUT2D eigenvalue weighted by Gasteiger charge is 2.15. The normalized spacial score (nSPS) is 11.7. The predicted molar refractivity (Wildman–Crippen MR) is 77.1 cm³/mol. The van der Waals surface area contributed by atoms with Gasteiger partial charge in [0.25, 0.3) is 0 Å². The second kappa shape index (κ2) is 5.47. The van der Waals surface area contributed by atoms with Gasteiger partial charge in [-0.3, -0.25) is 4.79 Å². The molecule has 0 aliphatic carbocycles. The minimum atomic E-state index is -0.391. The molecule has 0 aliphatic rings. The fourth-order valence-electron chi connectivity index (χ4n) is 2.15. The van der Waals surface area contributed by atoms with Crippen molar-refractivity contribution in [3.05, 3.63) is 36.0 Å². The van der Waals surface area contributed by atoms with Crippen molar-refractivity contribution < 1.29 is 9.53 Å². The van der Waals surface area contributed by atoms with E-state index in [1.807, 2.05) is 39.1 Å². The van der Waals surface area contributed by atoms with Gasteiger partial charge in [0.2, 0.25) is 0 Å². The number of hydrogen-bond donors (Lipinski definition) is 1. The van der Waals surface area contributed by atoms with Gasteiger partial charge in [0, 0.05) is 23.5 Å². The number of carbonyl (C=O) groups excluding carboxylic acids is 1. The third kappa shape index (κ3) is 3.85. The van der Waals surface area contributed by atoms with Gasteiger partial charge >= 0.3 is 5.97 Å². The summed E-state index contributed by atoms with van der Waals surface area (Å²) in [6.45, 7) is 5.68. The Morgan fingerprint density at radius 3 is 2.74 bits per heavy atom. The number of para-hydroxylation sites is 1. The summed E-state index contributed by atoms with van der Waals surface area (Å²) in [5.41, 5.74) is 2.02. The molecule has 0 amide bonds. The molecule has 1 heterocycles. The van der Waals surface area contributed by atoms with Crippen molar-refractivity contribution in [2.75, 3.05) is 0 Å². The maximum absolute atomic E-state index is 11.6. The summed E-state index contributed by atoms with van der Waals surface area (Å²) in [5.74, 6) is -0.118. The molecule has 2 rings (SSSR count). The lowest BCUT2D eigenvalue weighted by molar-refractivity contribution is -0.154. The van der Waals surface area contributed by atoms with Crippen molar-refractivity contribution in [3.63, 3.8) is 0 Å². The van der Waals surface area contributed by atoms with Crippen LogP contribution < -0.4 is 0 Å². The SMILES string of the molecule is CC(C)(C)OC(=O)CCCc1c[nH]c2ccccc12. The first-order valence-electron chi connectivity index (χ1n) is 6.72. The Labute approximate surface area is 114 Å². The van der Waals surface area contributed by atoms with E-state index < -0.39 is 5.60 Å². The van der Waals surface area contributed by atoms with Crippen molar-refractivity contribution in [2.24, 2.45) is 0 Å². The van der Waals surface area contributed by atoms with Crippen LogP contribution in [0.1, 0.15) is 39.2 Å². The number of ether oxygens (including phenoxy) is 1. The smallest absolute Gasteiger partial charge is 0.306 e. The summed E-state index contributed by atoms with van der Waals surface area (Å²) < 4.78 is 5.30. The van der Waals surface area contributed by atoms with Gasteiger partial charge in [0.05, 0.1) is 0 Å². The molecule has 3 nitrogen and oxygen atoms in total. The van der Waals surface area contributed by atoms with Crippen LogP contribution in [0.15, 0.2) is 30.5 Å². The number of nitrogens with one attached hydrogen (secondary N) is 1. The van der Waals surface area contributed by atoms with E-state index in [9.17, 15) is 4.79 Å². The average molecular weight is 259 g/mol. The van der Waals surface area contributed by atoms with Crippen LogP contribution >= 0.6 is 0 Å². The van der Waals surface area contributed by atoms with E-state index in [4.69, 9.17) is 4.74 Å². The number of aromatic nitrogens is 1. The molecular formula is C16H21NO2. The summed E-state index contributed by atoms with van der Waals surface area (Å²) in [5, 5.41) is 1.24. The van der Waals surface area contributed by atoms with Gasteiger partial charge in [-0.05, 0) is 45.2 Å². The summed E-state index contributed by atoms with van der Waals surface area (Å²) in [6.07, 6.45) is 4.20. The lowest BCUT2D eigenvalue weighted by Crippen LogP contribution is -2.23. The lowest BCUT2D eigenvalue weighted by atomic mass is 10.1. The van der Waals surface area contributed by atoms with E-state index in [0.717, 1.165) is 18.4 Å². The Hall–Kier alpha value is -1.77. The number of esters is 1. The molecule has 0 atom stereocenters. The summed E-state index contributed by atoms with van der Waals surface area (Å²) in [7, 11) is 0. The quantitative estimate of drug-likeness (QED) is 0.848. The van der Waals surface area contributed by atoms with Gasteiger partial charge in [-0.15, -0.1) is 0 Å². The zero-order valence-corrected chi connectivity index (χ0v) is 11.8. The Bertz CT molecular complexity index is 563. The van der Waals surface area contributed by atoms with E-state index in [-0.39, 0.29) is 5.97 Å². The molecule has 0 bridgehead atoms. The third-order valence-electron chi connectivity index (χ3n) is 2.92.